The Kier molecular flexibility index (Phi) is 2.33. The maximum Gasteiger partial charge on any atom is 0.140 e. The molecule has 16 heavy (non-hydrogen) atoms. The highest BCUT2D eigenvalue weighted by atomic mass is 32.1. The van der Waals surface area contributed by atoms with Gasteiger partial charge in [0.05, 0.1) is 11.4 Å². The summed E-state index contributed by atoms with van der Waals surface area (Å²) >= 11 is 1.81. The van der Waals surface area contributed by atoms with Gasteiger partial charge in [0.25, 0.3) is 0 Å². The monoisotopic (exact) mass is 233 g/mol. The zero-order chi connectivity index (χ0) is 11.1. The average Bonchev–Trinajstić information content (AvgIpc) is 2.81. The second-order valence-corrected chi connectivity index (χ2v) is 5.51. The number of aromatic nitrogens is 2. The molecule has 2 aromatic heterocycles. The highest BCUT2D eigenvalue weighted by molar-refractivity contribution is 7.15. The van der Waals surface area contributed by atoms with Crippen LogP contribution in [0.3, 0.4) is 0 Å². The fraction of sp³-hybridized carbons (Fsp3) is 0.417. The summed E-state index contributed by atoms with van der Waals surface area (Å²) in [5.41, 5.74) is 8.12. The van der Waals surface area contributed by atoms with E-state index >= 15 is 0 Å². The maximum atomic E-state index is 5.84. The first-order chi connectivity index (χ1) is 7.74. The lowest BCUT2D eigenvalue weighted by atomic mass is 9.79. The van der Waals surface area contributed by atoms with Crippen molar-refractivity contribution in [2.45, 2.75) is 31.7 Å². The minimum Gasteiger partial charge on any atom is -0.359 e. The summed E-state index contributed by atoms with van der Waals surface area (Å²) in [5.74, 6) is 0.649. The molecule has 2 aromatic rings. The predicted octanol–water partition coefficient (Wildman–Crippen LogP) is 2.65. The molecule has 0 unspecified atom stereocenters. The number of hydrogen-bond donors (Lipinski definition) is 2. The van der Waals surface area contributed by atoms with Crippen LogP contribution in [0.5, 0.6) is 0 Å². The number of nitrogens with one attached hydrogen (secondary N) is 1. The topological polar surface area (TPSA) is 54.7 Å². The van der Waals surface area contributed by atoms with Crippen molar-refractivity contribution >= 4 is 11.3 Å². The maximum absolute atomic E-state index is 5.84. The van der Waals surface area contributed by atoms with E-state index < -0.39 is 0 Å². The van der Waals surface area contributed by atoms with Gasteiger partial charge in [0.1, 0.15) is 5.01 Å². The molecule has 3 N–H and O–H groups in total. The van der Waals surface area contributed by atoms with Crippen molar-refractivity contribution in [1.82, 2.24) is 9.97 Å². The number of hydrogen-bond acceptors (Lipinski definition) is 3. The summed E-state index contributed by atoms with van der Waals surface area (Å²) in [6.45, 7) is 2.10. The molecule has 1 saturated carbocycles. The molecule has 2 heterocycles. The molecule has 0 bridgehead atoms. The van der Waals surface area contributed by atoms with Gasteiger partial charge in [0.15, 0.2) is 0 Å². The Balaban J connectivity index is 1.90. The second kappa shape index (κ2) is 3.71. The summed E-state index contributed by atoms with van der Waals surface area (Å²) in [7, 11) is 0. The fourth-order valence-corrected chi connectivity index (χ4v) is 3.42. The number of aryl methyl sites for hydroxylation is 1. The van der Waals surface area contributed by atoms with E-state index in [1.165, 1.54) is 10.6 Å². The fourth-order valence-electron chi connectivity index (χ4n) is 2.24. The molecule has 0 radical (unpaired) electrons. The Morgan fingerprint density at radius 3 is 2.94 bits per heavy atom. The molecule has 84 valence electrons. The second-order valence-electron chi connectivity index (χ2n) is 4.48. The van der Waals surface area contributed by atoms with Crippen LogP contribution in [-0.2, 0) is 0 Å². The van der Waals surface area contributed by atoms with Crippen molar-refractivity contribution in [3.05, 3.63) is 28.9 Å². The van der Waals surface area contributed by atoms with Crippen molar-refractivity contribution in [3.8, 4) is 10.7 Å². The molecule has 3 rings (SSSR count). The molecule has 4 heteroatoms. The van der Waals surface area contributed by atoms with Crippen LogP contribution in [0.25, 0.3) is 10.7 Å². The summed E-state index contributed by atoms with van der Waals surface area (Å²) in [6.07, 6.45) is 4.17. The van der Waals surface area contributed by atoms with Gasteiger partial charge in [0.2, 0.25) is 0 Å². The predicted molar refractivity (Wildman–Crippen MR) is 66.6 cm³/mol. The Labute approximate surface area is 98.7 Å². The van der Waals surface area contributed by atoms with E-state index in [0.717, 1.165) is 23.5 Å². The molecular formula is C12H15N3S. The largest absolute Gasteiger partial charge is 0.359 e. The van der Waals surface area contributed by atoms with Gasteiger partial charge < -0.3 is 10.7 Å². The quantitative estimate of drug-likeness (QED) is 0.837. The zero-order valence-electron chi connectivity index (χ0n) is 9.23. The minimum atomic E-state index is 0.403. The smallest absolute Gasteiger partial charge is 0.140 e. The first-order valence-electron chi connectivity index (χ1n) is 5.60. The minimum absolute atomic E-state index is 0.403. The lowest BCUT2D eigenvalue weighted by Gasteiger charge is -2.31. The number of H-pyrrole nitrogens is 1. The van der Waals surface area contributed by atoms with Gasteiger partial charge in [-0.25, -0.2) is 4.98 Å². The third kappa shape index (κ3) is 1.58. The van der Waals surface area contributed by atoms with E-state index in [0.29, 0.717) is 12.0 Å². The number of nitrogens with zero attached hydrogens (tertiary/aromatic N) is 1. The van der Waals surface area contributed by atoms with E-state index in [9.17, 15) is 0 Å². The summed E-state index contributed by atoms with van der Waals surface area (Å²) < 4.78 is 0. The van der Waals surface area contributed by atoms with Crippen LogP contribution in [0.4, 0.5) is 0 Å². The Hall–Kier alpha value is -1.13. The normalized spacial score (nSPS) is 24.4. The molecule has 0 aromatic carbocycles. The highest BCUT2D eigenvalue weighted by Gasteiger charge is 2.30. The van der Waals surface area contributed by atoms with E-state index in [1.54, 1.807) is 11.3 Å². The SMILES string of the molecule is Cc1nc(-c2ccc[nH]2)sc1C1CC(N)C1. The third-order valence-electron chi connectivity index (χ3n) is 3.21. The average molecular weight is 233 g/mol. The van der Waals surface area contributed by atoms with Gasteiger partial charge in [-0.3, -0.25) is 0 Å². The molecule has 0 saturated heterocycles. The first kappa shape index (κ1) is 10.1. The van der Waals surface area contributed by atoms with Gasteiger partial charge in [0, 0.05) is 17.1 Å². The standard InChI is InChI=1S/C12H15N3S/c1-7-11(8-5-9(13)6-8)16-12(15-7)10-3-2-4-14-10/h2-4,8-9,14H,5-6,13H2,1H3. The van der Waals surface area contributed by atoms with Gasteiger partial charge in [-0.1, -0.05) is 0 Å². The molecule has 1 aliphatic carbocycles. The number of thiazole rings is 1. The van der Waals surface area contributed by atoms with Crippen LogP contribution in [0, 0.1) is 6.92 Å². The third-order valence-corrected chi connectivity index (χ3v) is 4.56. The van der Waals surface area contributed by atoms with Crippen LogP contribution in [-0.4, -0.2) is 16.0 Å². The molecule has 3 nitrogen and oxygen atoms in total. The molecule has 0 atom stereocenters. The number of nitrogens with two attached hydrogens (primary N) is 1. The molecule has 0 aliphatic heterocycles. The molecular weight excluding hydrogens is 218 g/mol. The summed E-state index contributed by atoms with van der Waals surface area (Å²) in [5, 5.41) is 1.10. The first-order valence-corrected chi connectivity index (χ1v) is 6.42. The van der Waals surface area contributed by atoms with Crippen molar-refractivity contribution in [2.24, 2.45) is 5.73 Å². The lowest BCUT2D eigenvalue weighted by Crippen LogP contribution is -2.34. The summed E-state index contributed by atoms with van der Waals surface area (Å²) in [4.78, 5) is 9.25. The molecule has 0 amide bonds. The lowest BCUT2D eigenvalue weighted by molar-refractivity contribution is 0.354. The highest BCUT2D eigenvalue weighted by Crippen LogP contribution is 2.41. The number of rotatable bonds is 2. The van der Waals surface area contributed by atoms with Crippen molar-refractivity contribution in [2.75, 3.05) is 0 Å². The van der Waals surface area contributed by atoms with Gasteiger partial charge in [-0.15, -0.1) is 11.3 Å². The van der Waals surface area contributed by atoms with Crippen LogP contribution in [0.15, 0.2) is 18.3 Å². The Morgan fingerprint density at radius 2 is 2.31 bits per heavy atom. The van der Waals surface area contributed by atoms with Gasteiger partial charge >= 0.3 is 0 Å². The molecule has 1 fully saturated rings. The van der Waals surface area contributed by atoms with Crippen LogP contribution in [0.1, 0.15) is 29.3 Å². The molecule has 0 spiro atoms. The van der Waals surface area contributed by atoms with Gasteiger partial charge in [-0.05, 0) is 37.8 Å². The van der Waals surface area contributed by atoms with Crippen LogP contribution in [0.2, 0.25) is 0 Å². The van der Waals surface area contributed by atoms with E-state index in [2.05, 4.69) is 23.0 Å². The summed E-state index contributed by atoms with van der Waals surface area (Å²) in [6, 6.07) is 4.47. The van der Waals surface area contributed by atoms with Crippen LogP contribution < -0.4 is 5.73 Å². The van der Waals surface area contributed by atoms with Crippen LogP contribution >= 0.6 is 11.3 Å². The van der Waals surface area contributed by atoms with E-state index in [1.807, 2.05) is 12.3 Å². The molecule has 1 aliphatic rings. The van der Waals surface area contributed by atoms with E-state index in [4.69, 9.17) is 5.73 Å². The Morgan fingerprint density at radius 1 is 1.50 bits per heavy atom. The van der Waals surface area contributed by atoms with E-state index in [-0.39, 0.29) is 0 Å². The van der Waals surface area contributed by atoms with Crippen molar-refractivity contribution in [1.29, 1.82) is 0 Å². The van der Waals surface area contributed by atoms with Crippen molar-refractivity contribution < 1.29 is 0 Å². The van der Waals surface area contributed by atoms with Crippen molar-refractivity contribution in [3.63, 3.8) is 0 Å². The number of aromatic amines is 1. The van der Waals surface area contributed by atoms with Gasteiger partial charge in [-0.2, -0.15) is 0 Å². The zero-order valence-corrected chi connectivity index (χ0v) is 10.1. The Bertz CT molecular complexity index is 480.